The summed E-state index contributed by atoms with van der Waals surface area (Å²) in [6.45, 7) is 27.7. The van der Waals surface area contributed by atoms with Gasteiger partial charge in [-0.2, -0.15) is 0 Å². The molecule has 0 amide bonds. The fourth-order valence-corrected chi connectivity index (χ4v) is 16.6. The maximum atomic E-state index is 12.0. The molecule has 0 unspecified atom stereocenters. The molecule has 0 saturated carbocycles. The van der Waals surface area contributed by atoms with Crippen LogP contribution >= 0.6 is 0 Å². The molecule has 0 aliphatic rings. The van der Waals surface area contributed by atoms with E-state index in [1.807, 2.05) is 30.3 Å². The van der Waals surface area contributed by atoms with E-state index < -0.39 is 21.7 Å². The summed E-state index contributed by atoms with van der Waals surface area (Å²) in [5.41, 5.74) is 9.92. The van der Waals surface area contributed by atoms with Gasteiger partial charge in [0.2, 0.25) is 5.60 Å². The Labute approximate surface area is 201 Å². The van der Waals surface area contributed by atoms with E-state index in [-0.39, 0.29) is 0 Å². The van der Waals surface area contributed by atoms with Gasteiger partial charge in [-0.1, -0.05) is 125 Å². The van der Waals surface area contributed by atoms with Gasteiger partial charge in [0.25, 0.3) is 0 Å². The van der Waals surface area contributed by atoms with Crippen molar-refractivity contribution >= 4 is 16.1 Å². The zero-order valence-corrected chi connectivity index (χ0v) is 24.8. The molecule has 32 heavy (non-hydrogen) atoms. The van der Waals surface area contributed by atoms with E-state index in [4.69, 9.17) is 0 Å². The van der Waals surface area contributed by atoms with Gasteiger partial charge < -0.3 is 5.11 Å². The molecule has 1 N–H and O–H groups in total. The molecular formula is C29H48OSi2. The van der Waals surface area contributed by atoms with Gasteiger partial charge in [0.15, 0.2) is 0 Å². The van der Waals surface area contributed by atoms with E-state index in [1.54, 1.807) is 0 Å². The van der Waals surface area contributed by atoms with Gasteiger partial charge in [0.05, 0.1) is 0 Å². The van der Waals surface area contributed by atoms with Crippen molar-refractivity contribution in [3.05, 3.63) is 35.9 Å². The lowest BCUT2D eigenvalue weighted by molar-refractivity contribution is 0.165. The number of rotatable bonds is 7. The monoisotopic (exact) mass is 468 g/mol. The first-order chi connectivity index (χ1) is 14.7. The highest BCUT2D eigenvalue weighted by Gasteiger charge is 2.44. The Morgan fingerprint density at radius 2 is 0.844 bits per heavy atom. The van der Waals surface area contributed by atoms with Crippen molar-refractivity contribution in [3.63, 3.8) is 0 Å². The first kappa shape index (κ1) is 28.8. The number of hydrogen-bond donors (Lipinski definition) is 1. The summed E-state index contributed by atoms with van der Waals surface area (Å²) in [4.78, 5) is 0. The molecular weight excluding hydrogens is 420 g/mol. The van der Waals surface area contributed by atoms with E-state index in [2.05, 4.69) is 106 Å². The van der Waals surface area contributed by atoms with E-state index >= 15 is 0 Å². The van der Waals surface area contributed by atoms with Crippen LogP contribution in [0, 0.1) is 22.9 Å². The molecule has 0 aliphatic heterocycles. The Morgan fingerprint density at radius 1 is 0.562 bits per heavy atom. The van der Waals surface area contributed by atoms with Crippen LogP contribution in [0.2, 0.25) is 33.2 Å². The van der Waals surface area contributed by atoms with Crippen molar-refractivity contribution in [2.75, 3.05) is 0 Å². The molecule has 1 rings (SSSR count). The smallest absolute Gasteiger partial charge is 0.212 e. The SMILES string of the molecule is CC(C)[Si](C#CC(O)(C#C[Si](C(C)C)(C(C)C)C(C)C)c1ccccc1)(C(C)C)C(C)C. The van der Waals surface area contributed by atoms with Crippen LogP contribution in [0.3, 0.4) is 0 Å². The molecule has 0 atom stereocenters. The lowest BCUT2D eigenvalue weighted by Gasteiger charge is -2.39. The standard InChI is InChI=1S/C29H48OSi2/c1-22(2)31(23(3)4,24(5)6)20-18-29(30,28-16-14-13-15-17-28)19-21-32(25(7)8,26(9)10)27(11)12/h13-17,22-27,30H,1-12H3. The third-order valence-corrected chi connectivity index (χ3v) is 20.4. The lowest BCUT2D eigenvalue weighted by atomic mass is 9.96. The van der Waals surface area contributed by atoms with Gasteiger partial charge in [-0.3, -0.25) is 0 Å². The van der Waals surface area contributed by atoms with Crippen LogP contribution in [-0.2, 0) is 5.60 Å². The maximum absolute atomic E-state index is 12.0. The molecule has 1 aromatic carbocycles. The average molecular weight is 469 g/mol. The molecule has 0 radical (unpaired) electrons. The molecule has 178 valence electrons. The van der Waals surface area contributed by atoms with Gasteiger partial charge >= 0.3 is 0 Å². The number of hydrogen-bond acceptors (Lipinski definition) is 1. The van der Waals surface area contributed by atoms with Crippen LogP contribution in [-0.4, -0.2) is 21.3 Å². The number of aliphatic hydroxyl groups is 1. The van der Waals surface area contributed by atoms with Crippen molar-refractivity contribution in [2.24, 2.45) is 0 Å². The zero-order valence-electron chi connectivity index (χ0n) is 22.8. The topological polar surface area (TPSA) is 20.2 Å². The van der Waals surface area contributed by atoms with Crippen LogP contribution in [0.5, 0.6) is 0 Å². The first-order valence-corrected chi connectivity index (χ1v) is 17.0. The fourth-order valence-electron chi connectivity index (χ4n) is 6.12. The quantitative estimate of drug-likeness (QED) is 0.315. The van der Waals surface area contributed by atoms with Gasteiger partial charge in [0, 0.05) is 5.56 Å². The highest BCUT2D eigenvalue weighted by atomic mass is 28.3. The summed E-state index contributed by atoms with van der Waals surface area (Å²) in [7, 11) is -3.98. The van der Waals surface area contributed by atoms with Crippen molar-refractivity contribution in [2.45, 2.75) is 122 Å². The van der Waals surface area contributed by atoms with Crippen molar-refractivity contribution in [1.29, 1.82) is 0 Å². The van der Waals surface area contributed by atoms with E-state index in [1.165, 1.54) is 0 Å². The van der Waals surface area contributed by atoms with E-state index in [0.717, 1.165) is 5.56 Å². The second kappa shape index (κ2) is 11.2. The van der Waals surface area contributed by atoms with E-state index in [0.29, 0.717) is 33.2 Å². The second-order valence-corrected chi connectivity index (χ2v) is 22.5. The molecule has 0 aromatic heterocycles. The molecule has 3 heteroatoms. The van der Waals surface area contributed by atoms with Gasteiger partial charge in [-0.15, -0.1) is 11.1 Å². The highest BCUT2D eigenvalue weighted by molar-refractivity contribution is 6.91. The zero-order chi connectivity index (χ0) is 24.9. The summed E-state index contributed by atoms with van der Waals surface area (Å²) in [5, 5.41) is 12.0. The Morgan fingerprint density at radius 3 is 1.09 bits per heavy atom. The lowest BCUT2D eigenvalue weighted by Crippen LogP contribution is -2.44. The minimum Gasteiger partial charge on any atom is -0.364 e. The van der Waals surface area contributed by atoms with Crippen LogP contribution in [0.25, 0.3) is 0 Å². The molecule has 0 aliphatic carbocycles. The molecule has 0 spiro atoms. The maximum Gasteiger partial charge on any atom is 0.212 e. The van der Waals surface area contributed by atoms with Crippen LogP contribution in [0.4, 0.5) is 0 Å². The highest BCUT2D eigenvalue weighted by Crippen LogP contribution is 2.42. The minimum atomic E-state index is -1.99. The summed E-state index contributed by atoms with van der Waals surface area (Å²) in [6, 6.07) is 9.86. The summed E-state index contributed by atoms with van der Waals surface area (Å²) in [5.74, 6) is 6.81. The summed E-state index contributed by atoms with van der Waals surface area (Å²) >= 11 is 0. The molecule has 0 bridgehead atoms. The Hall–Kier alpha value is -1.27. The Balaban J connectivity index is 3.87. The van der Waals surface area contributed by atoms with Crippen molar-refractivity contribution in [3.8, 4) is 22.9 Å². The molecule has 1 aromatic rings. The van der Waals surface area contributed by atoms with Crippen LogP contribution < -0.4 is 0 Å². The third kappa shape index (κ3) is 5.62. The molecule has 0 fully saturated rings. The first-order valence-electron chi connectivity index (χ1n) is 12.5. The van der Waals surface area contributed by atoms with Crippen LogP contribution in [0.1, 0.15) is 88.6 Å². The predicted molar refractivity (Wildman–Crippen MR) is 148 cm³/mol. The minimum absolute atomic E-state index is 0.512. The van der Waals surface area contributed by atoms with Crippen molar-refractivity contribution < 1.29 is 5.11 Å². The fraction of sp³-hybridized carbons (Fsp3) is 0.655. The van der Waals surface area contributed by atoms with Crippen molar-refractivity contribution in [1.82, 2.24) is 0 Å². The number of benzene rings is 1. The Bertz CT molecular complexity index is 748. The molecule has 0 saturated heterocycles. The second-order valence-electron chi connectivity index (χ2n) is 11.4. The van der Waals surface area contributed by atoms with E-state index in [9.17, 15) is 5.11 Å². The van der Waals surface area contributed by atoms with Gasteiger partial charge in [-0.25, -0.2) is 0 Å². The predicted octanol–water partition coefficient (Wildman–Crippen LogP) is 8.32. The molecule has 1 nitrogen and oxygen atoms in total. The normalized spacial score (nSPS) is 13.1. The summed E-state index contributed by atoms with van der Waals surface area (Å²) < 4.78 is 0. The molecule has 0 heterocycles. The summed E-state index contributed by atoms with van der Waals surface area (Å²) in [6.07, 6.45) is 0. The van der Waals surface area contributed by atoms with Gasteiger partial charge in [-0.05, 0) is 33.2 Å². The Kier molecular flexibility index (Phi) is 10.1. The third-order valence-electron chi connectivity index (χ3n) is 7.84. The average Bonchev–Trinajstić information content (AvgIpc) is 2.67. The largest absolute Gasteiger partial charge is 0.364 e. The van der Waals surface area contributed by atoms with Crippen LogP contribution in [0.15, 0.2) is 30.3 Å². The van der Waals surface area contributed by atoms with Gasteiger partial charge in [0.1, 0.15) is 16.1 Å².